The molecule has 0 spiro atoms. The van der Waals surface area contributed by atoms with E-state index in [0.717, 1.165) is 19.4 Å². The van der Waals surface area contributed by atoms with E-state index in [4.69, 9.17) is 10.5 Å². The van der Waals surface area contributed by atoms with Crippen LogP contribution in [0.1, 0.15) is 63.2 Å². The van der Waals surface area contributed by atoms with E-state index < -0.39 is 0 Å². The molecule has 1 aliphatic heterocycles. The lowest BCUT2D eigenvalue weighted by Gasteiger charge is -2.31. The van der Waals surface area contributed by atoms with Gasteiger partial charge in [-0.2, -0.15) is 0 Å². The van der Waals surface area contributed by atoms with Crippen LogP contribution >= 0.6 is 0 Å². The Labute approximate surface area is 123 Å². The van der Waals surface area contributed by atoms with Crippen molar-refractivity contribution >= 4 is 0 Å². The zero-order chi connectivity index (χ0) is 14.4. The van der Waals surface area contributed by atoms with Gasteiger partial charge in [-0.15, -0.1) is 0 Å². The van der Waals surface area contributed by atoms with Gasteiger partial charge in [0.15, 0.2) is 0 Å². The average molecular weight is 275 g/mol. The van der Waals surface area contributed by atoms with Gasteiger partial charge in [-0.1, -0.05) is 51.0 Å². The lowest BCUT2D eigenvalue weighted by molar-refractivity contribution is 0.0272. The van der Waals surface area contributed by atoms with E-state index in [1.807, 2.05) is 0 Å². The number of hydrogen-bond donors (Lipinski definition) is 1. The number of benzene rings is 1. The van der Waals surface area contributed by atoms with Crippen LogP contribution < -0.4 is 5.73 Å². The summed E-state index contributed by atoms with van der Waals surface area (Å²) in [5, 5.41) is 0. The first-order valence-corrected chi connectivity index (χ1v) is 8.21. The maximum Gasteiger partial charge on any atom is 0.0842 e. The highest BCUT2D eigenvalue weighted by Crippen LogP contribution is 2.32. The zero-order valence-corrected chi connectivity index (χ0v) is 13.0. The van der Waals surface area contributed by atoms with Gasteiger partial charge < -0.3 is 10.5 Å². The number of hydrogen-bond acceptors (Lipinski definition) is 2. The second-order valence-electron chi connectivity index (χ2n) is 6.05. The van der Waals surface area contributed by atoms with Crippen molar-refractivity contribution in [1.82, 2.24) is 0 Å². The van der Waals surface area contributed by atoms with E-state index in [0.29, 0.717) is 5.92 Å². The molecule has 2 rings (SSSR count). The molecule has 0 radical (unpaired) electrons. The van der Waals surface area contributed by atoms with Crippen LogP contribution in [0.5, 0.6) is 0 Å². The molecule has 0 saturated heterocycles. The van der Waals surface area contributed by atoms with Gasteiger partial charge in [0.2, 0.25) is 0 Å². The van der Waals surface area contributed by atoms with Crippen molar-refractivity contribution in [2.45, 2.75) is 64.5 Å². The quantitative estimate of drug-likeness (QED) is 0.808. The third kappa shape index (κ3) is 3.83. The molecule has 0 saturated carbocycles. The summed E-state index contributed by atoms with van der Waals surface area (Å²) in [4.78, 5) is 0. The summed E-state index contributed by atoms with van der Waals surface area (Å²) in [6.45, 7) is 5.34. The molecular formula is C18H29NO. The first-order chi connectivity index (χ1) is 9.76. The molecular weight excluding hydrogens is 246 g/mol. The van der Waals surface area contributed by atoms with Gasteiger partial charge in [0.1, 0.15) is 0 Å². The summed E-state index contributed by atoms with van der Waals surface area (Å²) in [6, 6.07) is 8.93. The highest BCUT2D eigenvalue weighted by molar-refractivity contribution is 5.31. The molecule has 0 aliphatic carbocycles. The summed E-state index contributed by atoms with van der Waals surface area (Å²) >= 11 is 0. The Kier molecular flexibility index (Phi) is 6.06. The Balaban J connectivity index is 2.02. The first kappa shape index (κ1) is 15.5. The molecule has 1 aromatic rings. The van der Waals surface area contributed by atoms with Crippen molar-refractivity contribution < 1.29 is 4.74 Å². The Morgan fingerprint density at radius 2 is 1.90 bits per heavy atom. The molecule has 0 bridgehead atoms. The zero-order valence-electron chi connectivity index (χ0n) is 13.0. The Morgan fingerprint density at radius 3 is 2.60 bits per heavy atom. The summed E-state index contributed by atoms with van der Waals surface area (Å²) in [5.41, 5.74) is 9.30. The van der Waals surface area contributed by atoms with E-state index >= 15 is 0 Å². The van der Waals surface area contributed by atoms with E-state index in [1.165, 1.54) is 36.8 Å². The van der Waals surface area contributed by atoms with Crippen molar-refractivity contribution in [3.63, 3.8) is 0 Å². The summed E-state index contributed by atoms with van der Waals surface area (Å²) in [5.74, 6) is 0.641. The fraction of sp³-hybridized carbons (Fsp3) is 0.667. The smallest absolute Gasteiger partial charge is 0.0842 e. The van der Waals surface area contributed by atoms with Crippen LogP contribution in [0.25, 0.3) is 0 Å². The summed E-state index contributed by atoms with van der Waals surface area (Å²) < 4.78 is 6.00. The first-order valence-electron chi connectivity index (χ1n) is 8.21. The minimum atomic E-state index is 0.200. The lowest BCUT2D eigenvalue weighted by atomic mass is 9.85. The van der Waals surface area contributed by atoms with Gasteiger partial charge in [-0.05, 0) is 42.7 Å². The van der Waals surface area contributed by atoms with Gasteiger partial charge in [-0.25, -0.2) is 0 Å². The lowest BCUT2D eigenvalue weighted by Crippen LogP contribution is -2.33. The molecule has 2 nitrogen and oxygen atoms in total. The number of ether oxygens (including phenoxy) is 1. The fourth-order valence-electron chi connectivity index (χ4n) is 3.43. The normalized spacial score (nSPS) is 19.9. The highest BCUT2D eigenvalue weighted by Gasteiger charge is 2.25. The maximum absolute atomic E-state index is 6.50. The molecule has 0 aromatic heterocycles. The minimum Gasteiger partial charge on any atom is -0.373 e. The predicted octanol–water partition coefficient (Wildman–Crippen LogP) is 4.23. The van der Waals surface area contributed by atoms with Crippen LogP contribution in [0, 0.1) is 5.92 Å². The van der Waals surface area contributed by atoms with Gasteiger partial charge >= 0.3 is 0 Å². The fourth-order valence-corrected chi connectivity index (χ4v) is 3.43. The van der Waals surface area contributed by atoms with Crippen molar-refractivity contribution in [1.29, 1.82) is 0 Å². The average Bonchev–Trinajstić information content (AvgIpc) is 2.47. The second-order valence-corrected chi connectivity index (χ2v) is 6.05. The molecule has 2 atom stereocenters. The maximum atomic E-state index is 6.50. The number of nitrogens with two attached hydrogens (primary N) is 1. The van der Waals surface area contributed by atoms with Crippen molar-refractivity contribution in [3.8, 4) is 0 Å². The molecule has 112 valence electrons. The molecule has 1 aromatic carbocycles. The molecule has 2 heteroatoms. The second kappa shape index (κ2) is 7.80. The molecule has 20 heavy (non-hydrogen) atoms. The van der Waals surface area contributed by atoms with E-state index in [-0.39, 0.29) is 12.1 Å². The van der Waals surface area contributed by atoms with Gasteiger partial charge in [0, 0.05) is 6.04 Å². The summed E-state index contributed by atoms with van der Waals surface area (Å²) in [7, 11) is 0. The van der Waals surface area contributed by atoms with Crippen LogP contribution in [0.2, 0.25) is 0 Å². The third-order valence-corrected chi connectivity index (χ3v) is 4.50. The van der Waals surface area contributed by atoms with E-state index in [2.05, 4.69) is 38.1 Å². The van der Waals surface area contributed by atoms with Crippen molar-refractivity contribution in [2.24, 2.45) is 11.7 Å². The van der Waals surface area contributed by atoms with Crippen molar-refractivity contribution in [2.75, 3.05) is 6.61 Å². The van der Waals surface area contributed by atoms with Crippen LogP contribution in [-0.4, -0.2) is 12.6 Å². The number of fused-ring (bicyclic) bond motifs is 1. The molecule has 2 unspecified atom stereocenters. The van der Waals surface area contributed by atoms with Gasteiger partial charge in [-0.3, -0.25) is 0 Å². The van der Waals surface area contributed by atoms with Crippen molar-refractivity contribution in [3.05, 3.63) is 35.4 Å². The van der Waals surface area contributed by atoms with Crippen LogP contribution in [0.4, 0.5) is 0 Å². The SMILES string of the molecule is CCCC(CCC)C(N)CC1OCCc2ccccc21. The van der Waals surface area contributed by atoms with E-state index in [1.54, 1.807) is 0 Å². The molecule has 0 fully saturated rings. The van der Waals surface area contributed by atoms with Gasteiger partial charge in [0.05, 0.1) is 12.7 Å². The standard InChI is InChI=1S/C18H29NO/c1-3-7-15(8-4-2)17(19)13-18-16-10-6-5-9-14(16)11-12-20-18/h5-6,9-10,15,17-18H,3-4,7-8,11-13,19H2,1-2H3. The van der Waals surface area contributed by atoms with Crippen LogP contribution in [0.15, 0.2) is 24.3 Å². The van der Waals surface area contributed by atoms with Crippen LogP contribution in [0.3, 0.4) is 0 Å². The van der Waals surface area contributed by atoms with Crippen LogP contribution in [-0.2, 0) is 11.2 Å². The Hall–Kier alpha value is -0.860. The monoisotopic (exact) mass is 275 g/mol. The molecule has 1 heterocycles. The molecule has 0 amide bonds. The predicted molar refractivity (Wildman–Crippen MR) is 84.7 cm³/mol. The van der Waals surface area contributed by atoms with E-state index in [9.17, 15) is 0 Å². The Morgan fingerprint density at radius 1 is 1.20 bits per heavy atom. The number of rotatable bonds is 7. The Bertz CT molecular complexity index is 398. The molecule has 2 N–H and O–H groups in total. The largest absolute Gasteiger partial charge is 0.373 e. The third-order valence-electron chi connectivity index (χ3n) is 4.50. The molecule has 1 aliphatic rings. The topological polar surface area (TPSA) is 35.2 Å². The summed E-state index contributed by atoms with van der Waals surface area (Å²) in [6.07, 6.45) is 7.12. The minimum absolute atomic E-state index is 0.200. The highest BCUT2D eigenvalue weighted by atomic mass is 16.5. The van der Waals surface area contributed by atoms with Gasteiger partial charge in [0.25, 0.3) is 0 Å².